The molecule has 0 aliphatic carbocycles. The maximum atomic E-state index is 10.5. The van der Waals surface area contributed by atoms with Crippen molar-refractivity contribution in [2.45, 2.75) is 12.8 Å². The zero-order valence-corrected chi connectivity index (χ0v) is 19.2. The van der Waals surface area contributed by atoms with Crippen LogP contribution in [0.25, 0.3) is 17.2 Å². The van der Waals surface area contributed by atoms with Gasteiger partial charge in [0.1, 0.15) is 5.75 Å². The number of halogens is 2. The highest BCUT2D eigenvalue weighted by Crippen LogP contribution is 2.24. The molecule has 0 atom stereocenters. The smallest absolute Gasteiger partial charge is 0.304 e. The van der Waals surface area contributed by atoms with Gasteiger partial charge in [0.2, 0.25) is 0 Å². The van der Waals surface area contributed by atoms with Crippen molar-refractivity contribution < 1.29 is 14.6 Å². The zero-order valence-electron chi connectivity index (χ0n) is 17.7. The first-order valence-electron chi connectivity index (χ1n) is 10.3. The van der Waals surface area contributed by atoms with E-state index in [4.69, 9.17) is 21.4 Å². The third kappa shape index (κ3) is 8.39. The second-order valence-corrected chi connectivity index (χ2v) is 7.50. The second-order valence-electron chi connectivity index (χ2n) is 7.09. The Bertz CT molecular complexity index is 1010. The molecular weight excluding hydrogens is 445 g/mol. The minimum Gasteiger partial charge on any atom is -0.493 e. The highest BCUT2D eigenvalue weighted by Gasteiger charge is 2.02. The van der Waals surface area contributed by atoms with E-state index in [9.17, 15) is 4.79 Å². The molecule has 0 aliphatic rings. The van der Waals surface area contributed by atoms with Crippen LogP contribution in [0.5, 0.6) is 5.75 Å². The molecule has 168 valence electrons. The van der Waals surface area contributed by atoms with Crippen LogP contribution in [0, 0.1) is 0 Å². The Morgan fingerprint density at radius 3 is 2.41 bits per heavy atom. The van der Waals surface area contributed by atoms with Gasteiger partial charge in [0, 0.05) is 19.5 Å². The molecule has 6 heteroatoms. The standard InChI is InChI=1S/C26H26ClNO3.ClH/c27-25-19-24(13-12-23(25)7-4-16-28-17-14-26(29)30)31-18-15-20-8-10-22(11-9-20)21-5-2-1-3-6-21;/h1-13,19,28H,14-18H2,(H,29,30);1H. The first-order chi connectivity index (χ1) is 15.1. The van der Waals surface area contributed by atoms with Gasteiger partial charge in [0.05, 0.1) is 18.1 Å². The fourth-order valence-electron chi connectivity index (χ4n) is 3.08. The summed E-state index contributed by atoms with van der Waals surface area (Å²) in [6, 6.07) is 24.5. The number of hydrogen-bond acceptors (Lipinski definition) is 3. The summed E-state index contributed by atoms with van der Waals surface area (Å²) < 4.78 is 5.86. The summed E-state index contributed by atoms with van der Waals surface area (Å²) in [5.74, 6) is -0.0676. The van der Waals surface area contributed by atoms with Crippen molar-refractivity contribution >= 4 is 36.1 Å². The fraction of sp³-hybridized carbons (Fsp3) is 0.192. The highest BCUT2D eigenvalue weighted by molar-refractivity contribution is 6.32. The molecule has 0 aliphatic heterocycles. The van der Waals surface area contributed by atoms with Crippen molar-refractivity contribution in [3.63, 3.8) is 0 Å². The quantitative estimate of drug-likeness (QED) is 0.330. The van der Waals surface area contributed by atoms with Crippen LogP contribution < -0.4 is 10.1 Å². The van der Waals surface area contributed by atoms with E-state index in [1.807, 2.05) is 48.6 Å². The predicted molar refractivity (Wildman–Crippen MR) is 134 cm³/mol. The summed E-state index contributed by atoms with van der Waals surface area (Å²) in [6.07, 6.45) is 4.75. The van der Waals surface area contributed by atoms with Crippen LogP contribution in [0.2, 0.25) is 5.02 Å². The van der Waals surface area contributed by atoms with E-state index in [1.54, 1.807) is 0 Å². The number of rotatable bonds is 11. The number of hydrogen-bond donors (Lipinski definition) is 2. The normalized spacial score (nSPS) is 10.7. The molecule has 0 unspecified atom stereocenters. The number of aliphatic carboxylic acids is 1. The van der Waals surface area contributed by atoms with Crippen LogP contribution in [0.15, 0.2) is 78.9 Å². The second kappa shape index (κ2) is 13.6. The third-order valence-corrected chi connectivity index (χ3v) is 5.10. The van der Waals surface area contributed by atoms with Gasteiger partial charge in [-0.1, -0.05) is 78.4 Å². The molecule has 4 nitrogen and oxygen atoms in total. The molecule has 3 aromatic carbocycles. The SMILES string of the molecule is Cl.O=C(O)CCNCC=Cc1ccc(OCCc2ccc(-c3ccccc3)cc2)cc1Cl. The summed E-state index contributed by atoms with van der Waals surface area (Å²) in [7, 11) is 0. The summed E-state index contributed by atoms with van der Waals surface area (Å²) in [5, 5.41) is 12.3. The number of carboxylic acid groups (broad SMARTS) is 1. The van der Waals surface area contributed by atoms with Crippen molar-refractivity contribution in [1.29, 1.82) is 0 Å². The lowest BCUT2D eigenvalue weighted by Crippen LogP contribution is -2.17. The van der Waals surface area contributed by atoms with Gasteiger partial charge in [-0.05, 0) is 40.5 Å². The van der Waals surface area contributed by atoms with E-state index in [2.05, 4.69) is 41.7 Å². The molecule has 0 amide bonds. The van der Waals surface area contributed by atoms with Gasteiger partial charge in [-0.2, -0.15) is 0 Å². The lowest BCUT2D eigenvalue weighted by Gasteiger charge is -2.09. The Labute approximate surface area is 200 Å². The van der Waals surface area contributed by atoms with Crippen molar-refractivity contribution in [1.82, 2.24) is 5.32 Å². The zero-order chi connectivity index (χ0) is 21.9. The molecule has 0 heterocycles. The van der Waals surface area contributed by atoms with Gasteiger partial charge in [0.25, 0.3) is 0 Å². The third-order valence-electron chi connectivity index (χ3n) is 4.77. The Morgan fingerprint density at radius 1 is 1.00 bits per heavy atom. The summed E-state index contributed by atoms with van der Waals surface area (Å²) in [4.78, 5) is 10.5. The maximum absolute atomic E-state index is 10.5. The van der Waals surface area contributed by atoms with Crippen LogP contribution in [0.1, 0.15) is 17.5 Å². The molecule has 0 bridgehead atoms. The maximum Gasteiger partial charge on any atom is 0.304 e. The highest BCUT2D eigenvalue weighted by atomic mass is 35.5. The number of carboxylic acids is 1. The number of ether oxygens (including phenoxy) is 1. The van der Waals surface area contributed by atoms with Crippen LogP contribution in [0.3, 0.4) is 0 Å². The molecule has 0 fully saturated rings. The van der Waals surface area contributed by atoms with Gasteiger partial charge in [-0.25, -0.2) is 0 Å². The van der Waals surface area contributed by atoms with Crippen LogP contribution in [-0.2, 0) is 11.2 Å². The van der Waals surface area contributed by atoms with Crippen molar-refractivity contribution in [2.24, 2.45) is 0 Å². The van der Waals surface area contributed by atoms with Gasteiger partial charge in [0.15, 0.2) is 0 Å². The summed E-state index contributed by atoms with van der Waals surface area (Å²) in [6.45, 7) is 1.60. The first kappa shape index (κ1) is 25.5. The van der Waals surface area contributed by atoms with E-state index < -0.39 is 5.97 Å². The number of nitrogens with one attached hydrogen (secondary N) is 1. The van der Waals surface area contributed by atoms with Gasteiger partial charge in [-0.3, -0.25) is 4.79 Å². The summed E-state index contributed by atoms with van der Waals surface area (Å²) in [5.41, 5.74) is 4.54. The lowest BCUT2D eigenvalue weighted by atomic mass is 10.0. The monoisotopic (exact) mass is 471 g/mol. The Morgan fingerprint density at radius 2 is 1.72 bits per heavy atom. The predicted octanol–water partition coefficient (Wildman–Crippen LogP) is 6.13. The van der Waals surface area contributed by atoms with E-state index in [0.29, 0.717) is 24.7 Å². The fourth-order valence-corrected chi connectivity index (χ4v) is 3.31. The Balaban J connectivity index is 0.00000363. The molecule has 32 heavy (non-hydrogen) atoms. The molecule has 0 aromatic heterocycles. The van der Waals surface area contributed by atoms with Gasteiger partial charge < -0.3 is 15.2 Å². The number of carbonyl (C=O) groups is 1. The molecule has 2 N–H and O–H groups in total. The van der Waals surface area contributed by atoms with Gasteiger partial charge >= 0.3 is 5.97 Å². The Kier molecular flexibility index (Phi) is 10.8. The average Bonchev–Trinajstić information content (AvgIpc) is 2.78. The van der Waals surface area contributed by atoms with E-state index in [-0.39, 0.29) is 18.8 Å². The Hall–Kier alpha value is -2.79. The van der Waals surface area contributed by atoms with Crippen molar-refractivity contribution in [3.05, 3.63) is 95.0 Å². The topological polar surface area (TPSA) is 58.6 Å². The number of benzene rings is 3. The van der Waals surface area contributed by atoms with Crippen LogP contribution in [-0.4, -0.2) is 30.8 Å². The first-order valence-corrected chi connectivity index (χ1v) is 10.7. The van der Waals surface area contributed by atoms with Crippen molar-refractivity contribution in [3.8, 4) is 16.9 Å². The molecular formula is C26H27Cl2NO3. The molecule has 3 rings (SSSR count). The molecule has 0 spiro atoms. The van der Waals surface area contributed by atoms with E-state index in [1.165, 1.54) is 16.7 Å². The summed E-state index contributed by atoms with van der Waals surface area (Å²) >= 11 is 6.35. The minimum atomic E-state index is -0.806. The molecule has 3 aromatic rings. The van der Waals surface area contributed by atoms with Crippen LogP contribution in [0.4, 0.5) is 0 Å². The average molecular weight is 472 g/mol. The van der Waals surface area contributed by atoms with Crippen molar-refractivity contribution in [2.75, 3.05) is 19.7 Å². The van der Waals surface area contributed by atoms with E-state index in [0.717, 1.165) is 17.7 Å². The molecule has 0 radical (unpaired) electrons. The van der Waals surface area contributed by atoms with E-state index >= 15 is 0 Å². The lowest BCUT2D eigenvalue weighted by molar-refractivity contribution is -0.136. The molecule has 0 saturated carbocycles. The van der Waals surface area contributed by atoms with Crippen LogP contribution >= 0.6 is 24.0 Å². The minimum absolute atomic E-state index is 0. The molecule has 0 saturated heterocycles. The largest absolute Gasteiger partial charge is 0.493 e. The van der Waals surface area contributed by atoms with Gasteiger partial charge in [-0.15, -0.1) is 12.4 Å².